The quantitative estimate of drug-likeness (QED) is 0.421. The van der Waals surface area contributed by atoms with Gasteiger partial charge >= 0.3 is 0 Å². The zero-order valence-corrected chi connectivity index (χ0v) is 14.8. The number of aromatic hydroxyl groups is 1. The Morgan fingerprint density at radius 2 is 1.89 bits per heavy atom. The Kier molecular flexibility index (Phi) is 5.14. The number of phenols is 1. The molecule has 3 rings (SSSR count). The van der Waals surface area contributed by atoms with E-state index >= 15 is 0 Å². The Labute approximate surface area is 156 Å². The van der Waals surface area contributed by atoms with Crippen molar-refractivity contribution in [2.45, 2.75) is 6.04 Å². The lowest BCUT2D eigenvalue weighted by molar-refractivity contribution is -0.139. The van der Waals surface area contributed by atoms with Crippen LogP contribution in [0.5, 0.6) is 11.5 Å². The van der Waals surface area contributed by atoms with Gasteiger partial charge in [0.15, 0.2) is 11.5 Å². The molecular formula is C20H20N2O5. The Bertz CT molecular complexity index is 908. The minimum absolute atomic E-state index is 0.0209. The maximum atomic E-state index is 12.7. The Morgan fingerprint density at radius 1 is 1.19 bits per heavy atom. The number of amides is 1. The molecule has 0 aliphatic carbocycles. The highest BCUT2D eigenvalue weighted by Gasteiger charge is 2.45. The predicted octanol–water partition coefficient (Wildman–Crippen LogP) is 1.78. The summed E-state index contributed by atoms with van der Waals surface area (Å²) in [5.74, 6) is -1.63. The molecule has 0 bridgehead atoms. The summed E-state index contributed by atoms with van der Waals surface area (Å²) in [6.07, 6.45) is 0. The van der Waals surface area contributed by atoms with Crippen LogP contribution >= 0.6 is 0 Å². The molecule has 0 saturated carbocycles. The van der Waals surface area contributed by atoms with Crippen LogP contribution in [0.3, 0.4) is 0 Å². The summed E-state index contributed by atoms with van der Waals surface area (Å²) in [5.41, 5.74) is 6.55. The van der Waals surface area contributed by atoms with Gasteiger partial charge in [0.05, 0.1) is 18.7 Å². The Morgan fingerprint density at radius 3 is 2.52 bits per heavy atom. The van der Waals surface area contributed by atoms with E-state index < -0.39 is 17.7 Å². The van der Waals surface area contributed by atoms with Gasteiger partial charge in [-0.2, -0.15) is 0 Å². The Balaban J connectivity index is 2.21. The van der Waals surface area contributed by atoms with E-state index in [4.69, 9.17) is 10.5 Å². The Hall–Kier alpha value is -3.32. The third-order valence-electron chi connectivity index (χ3n) is 4.48. The van der Waals surface area contributed by atoms with Gasteiger partial charge in [0.25, 0.3) is 11.7 Å². The number of carbonyl (C=O) groups is 2. The van der Waals surface area contributed by atoms with Crippen molar-refractivity contribution in [1.29, 1.82) is 0 Å². The SMILES string of the molecule is COc1cc(C2/C(=C(/O)c3ccccc3)C(=O)C(=O)N2CCN)ccc1O. The average Bonchev–Trinajstić information content (AvgIpc) is 2.94. The summed E-state index contributed by atoms with van der Waals surface area (Å²) in [5, 5.41) is 20.6. The number of nitrogens with two attached hydrogens (primary N) is 1. The van der Waals surface area contributed by atoms with Gasteiger partial charge in [0.2, 0.25) is 0 Å². The van der Waals surface area contributed by atoms with Crippen LogP contribution in [0.1, 0.15) is 17.2 Å². The number of methoxy groups -OCH3 is 1. The third kappa shape index (κ3) is 3.24. The number of carbonyl (C=O) groups excluding carboxylic acids is 2. The van der Waals surface area contributed by atoms with Crippen LogP contribution in [0.25, 0.3) is 5.76 Å². The van der Waals surface area contributed by atoms with Crippen molar-refractivity contribution in [1.82, 2.24) is 4.90 Å². The van der Waals surface area contributed by atoms with Crippen molar-refractivity contribution in [2.75, 3.05) is 20.2 Å². The number of benzene rings is 2. The topological polar surface area (TPSA) is 113 Å². The second-order valence-electron chi connectivity index (χ2n) is 6.08. The maximum Gasteiger partial charge on any atom is 0.295 e. The first-order valence-electron chi connectivity index (χ1n) is 8.40. The van der Waals surface area contributed by atoms with E-state index in [2.05, 4.69) is 0 Å². The third-order valence-corrected chi connectivity index (χ3v) is 4.48. The highest BCUT2D eigenvalue weighted by atomic mass is 16.5. The van der Waals surface area contributed by atoms with Crippen LogP contribution < -0.4 is 10.5 Å². The van der Waals surface area contributed by atoms with Gasteiger partial charge in [-0.1, -0.05) is 36.4 Å². The molecule has 1 saturated heterocycles. The van der Waals surface area contributed by atoms with Crippen molar-refractivity contribution < 1.29 is 24.5 Å². The first-order valence-corrected chi connectivity index (χ1v) is 8.40. The standard InChI is InChI=1S/C20H20N2O5/c1-27-15-11-13(7-8-14(15)23)17-16(18(24)12-5-3-2-4-6-12)19(25)20(26)22(17)10-9-21/h2-8,11,17,23-24H,9-10,21H2,1H3/b18-16-. The highest BCUT2D eigenvalue weighted by molar-refractivity contribution is 6.46. The lowest BCUT2D eigenvalue weighted by Crippen LogP contribution is -2.34. The van der Waals surface area contributed by atoms with Gasteiger partial charge in [-0.25, -0.2) is 0 Å². The molecule has 1 aliphatic rings. The molecule has 7 heteroatoms. The normalized spacial score (nSPS) is 18.7. The molecule has 2 aromatic carbocycles. The highest BCUT2D eigenvalue weighted by Crippen LogP contribution is 2.41. The molecule has 1 atom stereocenters. The fourth-order valence-corrected chi connectivity index (χ4v) is 3.21. The second kappa shape index (κ2) is 7.51. The molecule has 27 heavy (non-hydrogen) atoms. The zero-order chi connectivity index (χ0) is 19.6. The molecule has 0 spiro atoms. The van der Waals surface area contributed by atoms with Crippen molar-refractivity contribution >= 4 is 17.4 Å². The number of ether oxygens (including phenoxy) is 1. The summed E-state index contributed by atoms with van der Waals surface area (Å²) in [6, 6.07) is 12.2. The van der Waals surface area contributed by atoms with Crippen molar-refractivity contribution in [2.24, 2.45) is 5.73 Å². The van der Waals surface area contributed by atoms with E-state index in [-0.39, 0.29) is 35.9 Å². The summed E-state index contributed by atoms with van der Waals surface area (Å²) in [6.45, 7) is 0.300. The van der Waals surface area contributed by atoms with E-state index in [1.54, 1.807) is 36.4 Å². The van der Waals surface area contributed by atoms with Gasteiger partial charge in [-0.05, 0) is 17.7 Å². The second-order valence-corrected chi connectivity index (χ2v) is 6.08. The van der Waals surface area contributed by atoms with Gasteiger partial charge in [-0.15, -0.1) is 0 Å². The number of rotatable bonds is 5. The fourth-order valence-electron chi connectivity index (χ4n) is 3.21. The number of ketones is 1. The number of hydrogen-bond donors (Lipinski definition) is 3. The number of phenolic OH excluding ortho intramolecular Hbond substituents is 1. The molecule has 0 aromatic heterocycles. The molecular weight excluding hydrogens is 348 g/mol. The number of hydrogen-bond acceptors (Lipinski definition) is 6. The molecule has 1 fully saturated rings. The van der Waals surface area contributed by atoms with Crippen molar-refractivity contribution in [3.05, 3.63) is 65.2 Å². The molecule has 1 aliphatic heterocycles. The van der Waals surface area contributed by atoms with E-state index in [1.165, 1.54) is 24.1 Å². The number of aliphatic hydroxyl groups is 1. The molecule has 1 amide bonds. The summed E-state index contributed by atoms with van der Waals surface area (Å²) in [7, 11) is 1.40. The first-order chi connectivity index (χ1) is 13.0. The number of Topliss-reactive ketones (excluding diaryl/α,β-unsaturated/α-hetero) is 1. The number of likely N-dealkylation sites (tertiary alicyclic amines) is 1. The van der Waals surface area contributed by atoms with Crippen LogP contribution in [0, 0.1) is 0 Å². The van der Waals surface area contributed by atoms with E-state index in [0.29, 0.717) is 11.1 Å². The largest absolute Gasteiger partial charge is 0.507 e. The van der Waals surface area contributed by atoms with Gasteiger partial charge in [0.1, 0.15) is 5.76 Å². The van der Waals surface area contributed by atoms with E-state index in [0.717, 1.165) is 0 Å². The van der Waals surface area contributed by atoms with Gasteiger partial charge in [-0.3, -0.25) is 9.59 Å². The molecule has 1 heterocycles. The van der Waals surface area contributed by atoms with Crippen LogP contribution in [-0.4, -0.2) is 47.0 Å². The minimum Gasteiger partial charge on any atom is -0.507 e. The number of nitrogens with zero attached hydrogens (tertiary/aromatic N) is 1. The molecule has 2 aromatic rings. The fraction of sp³-hybridized carbons (Fsp3) is 0.200. The lowest BCUT2D eigenvalue weighted by Gasteiger charge is -2.25. The molecule has 4 N–H and O–H groups in total. The van der Waals surface area contributed by atoms with Crippen LogP contribution in [0.2, 0.25) is 0 Å². The monoisotopic (exact) mass is 368 g/mol. The zero-order valence-electron chi connectivity index (χ0n) is 14.8. The summed E-state index contributed by atoms with van der Waals surface area (Å²) < 4.78 is 5.13. The number of aliphatic hydroxyl groups excluding tert-OH is 1. The molecule has 0 radical (unpaired) electrons. The smallest absolute Gasteiger partial charge is 0.295 e. The summed E-state index contributed by atoms with van der Waals surface area (Å²) >= 11 is 0. The van der Waals surface area contributed by atoms with Crippen LogP contribution in [-0.2, 0) is 9.59 Å². The lowest BCUT2D eigenvalue weighted by atomic mass is 9.95. The minimum atomic E-state index is -0.830. The first kappa shape index (κ1) is 18.5. The van der Waals surface area contributed by atoms with Gasteiger partial charge in [0, 0.05) is 18.7 Å². The van der Waals surface area contributed by atoms with E-state index in [1.807, 2.05) is 0 Å². The van der Waals surface area contributed by atoms with Crippen molar-refractivity contribution in [3.8, 4) is 11.5 Å². The maximum absolute atomic E-state index is 12.7. The van der Waals surface area contributed by atoms with Gasteiger partial charge < -0.3 is 25.6 Å². The van der Waals surface area contributed by atoms with Crippen molar-refractivity contribution in [3.63, 3.8) is 0 Å². The predicted molar refractivity (Wildman–Crippen MR) is 99.2 cm³/mol. The van der Waals surface area contributed by atoms with Crippen LogP contribution in [0.4, 0.5) is 0 Å². The van der Waals surface area contributed by atoms with Crippen LogP contribution in [0.15, 0.2) is 54.1 Å². The summed E-state index contributed by atoms with van der Waals surface area (Å²) in [4.78, 5) is 26.5. The molecule has 140 valence electrons. The molecule has 1 unspecified atom stereocenters. The van der Waals surface area contributed by atoms with E-state index in [9.17, 15) is 19.8 Å². The average molecular weight is 368 g/mol. The molecule has 7 nitrogen and oxygen atoms in total.